The van der Waals surface area contributed by atoms with E-state index in [2.05, 4.69) is 0 Å². The summed E-state index contributed by atoms with van der Waals surface area (Å²) in [6, 6.07) is 7.26. The number of aryl methyl sites for hydroxylation is 1. The van der Waals surface area contributed by atoms with Gasteiger partial charge < -0.3 is 14.5 Å². The summed E-state index contributed by atoms with van der Waals surface area (Å²) in [7, 11) is 0. The molecule has 0 radical (unpaired) electrons. The van der Waals surface area contributed by atoms with E-state index in [9.17, 15) is 9.59 Å². The van der Waals surface area contributed by atoms with E-state index in [1.807, 2.05) is 36.1 Å². The summed E-state index contributed by atoms with van der Waals surface area (Å²) in [6.07, 6.45) is 2.72. The quantitative estimate of drug-likeness (QED) is 0.837. The van der Waals surface area contributed by atoms with Crippen LogP contribution in [0.1, 0.15) is 35.2 Å². The van der Waals surface area contributed by atoms with E-state index in [1.54, 1.807) is 4.90 Å². The lowest BCUT2D eigenvalue weighted by atomic mass is 9.99. The van der Waals surface area contributed by atoms with Crippen LogP contribution in [0.4, 0.5) is 0 Å². The number of rotatable bonds is 2. The topological polar surface area (TPSA) is 49.9 Å². The van der Waals surface area contributed by atoms with Crippen molar-refractivity contribution in [1.82, 2.24) is 9.80 Å². The molecule has 0 bridgehead atoms. The summed E-state index contributed by atoms with van der Waals surface area (Å²) in [5.41, 5.74) is 1.79. The fourth-order valence-electron chi connectivity index (χ4n) is 3.29. The van der Waals surface area contributed by atoms with Crippen LogP contribution in [0.2, 0.25) is 0 Å². The summed E-state index contributed by atoms with van der Waals surface area (Å²) in [6.45, 7) is 5.09. The number of ether oxygens (including phenoxy) is 1. The molecular weight excluding hydrogens is 292 g/mol. The van der Waals surface area contributed by atoms with Crippen LogP contribution in [-0.4, -0.2) is 60.5 Å². The highest BCUT2D eigenvalue weighted by molar-refractivity contribution is 5.97. The first-order chi connectivity index (χ1) is 11.2. The second kappa shape index (κ2) is 7.13. The zero-order valence-corrected chi connectivity index (χ0v) is 13.7. The Hall–Kier alpha value is -1.88. The Morgan fingerprint density at radius 2 is 1.74 bits per heavy atom. The first-order valence-corrected chi connectivity index (χ1v) is 8.41. The van der Waals surface area contributed by atoms with Crippen molar-refractivity contribution in [2.75, 3.05) is 32.8 Å². The van der Waals surface area contributed by atoms with Crippen molar-refractivity contribution in [3.8, 4) is 0 Å². The number of amides is 2. The van der Waals surface area contributed by atoms with Crippen molar-refractivity contribution in [1.29, 1.82) is 0 Å². The molecule has 0 spiro atoms. The third-order valence-corrected chi connectivity index (χ3v) is 4.67. The molecule has 1 unspecified atom stereocenters. The third-order valence-electron chi connectivity index (χ3n) is 4.67. The van der Waals surface area contributed by atoms with Gasteiger partial charge in [0.1, 0.15) is 6.04 Å². The maximum Gasteiger partial charge on any atom is 0.254 e. The average molecular weight is 316 g/mol. The lowest BCUT2D eigenvalue weighted by Crippen LogP contribution is -2.55. The van der Waals surface area contributed by atoms with Gasteiger partial charge in [0.05, 0.1) is 13.2 Å². The Balaban J connectivity index is 1.76. The monoisotopic (exact) mass is 316 g/mol. The molecule has 2 aliphatic heterocycles. The van der Waals surface area contributed by atoms with Gasteiger partial charge in [0.2, 0.25) is 5.91 Å². The molecular formula is C18H24N2O3. The largest absolute Gasteiger partial charge is 0.378 e. The van der Waals surface area contributed by atoms with E-state index in [1.165, 1.54) is 0 Å². The van der Waals surface area contributed by atoms with E-state index in [0.717, 1.165) is 24.8 Å². The van der Waals surface area contributed by atoms with Crippen molar-refractivity contribution >= 4 is 11.8 Å². The first kappa shape index (κ1) is 16.0. The van der Waals surface area contributed by atoms with Gasteiger partial charge in [0.15, 0.2) is 0 Å². The van der Waals surface area contributed by atoms with Gasteiger partial charge in [-0.05, 0) is 38.3 Å². The fourth-order valence-corrected chi connectivity index (χ4v) is 3.29. The zero-order valence-electron chi connectivity index (χ0n) is 13.7. The van der Waals surface area contributed by atoms with Crippen LogP contribution in [0, 0.1) is 6.92 Å². The Labute approximate surface area is 137 Å². The van der Waals surface area contributed by atoms with Crippen LogP contribution in [0.5, 0.6) is 0 Å². The highest BCUT2D eigenvalue weighted by Crippen LogP contribution is 2.22. The molecule has 2 heterocycles. The maximum absolute atomic E-state index is 12.8. The minimum Gasteiger partial charge on any atom is -0.378 e. The van der Waals surface area contributed by atoms with Crippen LogP contribution in [0.15, 0.2) is 24.3 Å². The molecule has 5 nitrogen and oxygen atoms in total. The second-order valence-corrected chi connectivity index (χ2v) is 6.31. The molecule has 2 aliphatic rings. The first-order valence-electron chi connectivity index (χ1n) is 8.41. The van der Waals surface area contributed by atoms with Crippen molar-refractivity contribution in [3.63, 3.8) is 0 Å². The lowest BCUT2D eigenvalue weighted by molar-refractivity contribution is -0.141. The number of benzene rings is 1. The molecule has 0 aromatic heterocycles. The van der Waals surface area contributed by atoms with Crippen LogP contribution in [0.25, 0.3) is 0 Å². The summed E-state index contributed by atoms with van der Waals surface area (Å²) in [5.74, 6) is 0.0461. The Bertz CT molecular complexity index is 564. The maximum atomic E-state index is 12.8. The molecule has 3 rings (SSSR count). The average Bonchev–Trinajstić information content (AvgIpc) is 2.62. The number of nitrogens with zero attached hydrogens (tertiary/aromatic N) is 2. The number of carbonyl (C=O) groups excluding carboxylic acids is 2. The van der Waals surface area contributed by atoms with Crippen LogP contribution >= 0.6 is 0 Å². The van der Waals surface area contributed by atoms with Gasteiger partial charge in [-0.3, -0.25) is 9.59 Å². The normalized spacial score (nSPS) is 22.0. The number of likely N-dealkylation sites (tertiary alicyclic amines) is 1. The molecule has 1 aromatic carbocycles. The number of hydrogen-bond acceptors (Lipinski definition) is 3. The Kier molecular flexibility index (Phi) is 4.96. The van der Waals surface area contributed by atoms with E-state index in [0.29, 0.717) is 38.4 Å². The molecule has 5 heteroatoms. The predicted octanol–water partition coefficient (Wildman–Crippen LogP) is 1.85. The van der Waals surface area contributed by atoms with Crippen molar-refractivity contribution in [3.05, 3.63) is 35.4 Å². The molecule has 0 aliphatic carbocycles. The van der Waals surface area contributed by atoms with E-state index in [4.69, 9.17) is 4.74 Å². The summed E-state index contributed by atoms with van der Waals surface area (Å²) >= 11 is 0. The van der Waals surface area contributed by atoms with Crippen molar-refractivity contribution in [2.45, 2.75) is 32.2 Å². The van der Waals surface area contributed by atoms with Crippen LogP contribution in [0.3, 0.4) is 0 Å². The van der Waals surface area contributed by atoms with E-state index < -0.39 is 0 Å². The molecule has 1 aromatic rings. The smallest absolute Gasteiger partial charge is 0.254 e. The molecule has 2 amide bonds. The Morgan fingerprint density at radius 1 is 1.04 bits per heavy atom. The number of piperidine rings is 1. The van der Waals surface area contributed by atoms with Crippen molar-refractivity contribution < 1.29 is 14.3 Å². The van der Waals surface area contributed by atoms with Gasteiger partial charge in [-0.25, -0.2) is 0 Å². The van der Waals surface area contributed by atoms with Crippen LogP contribution < -0.4 is 0 Å². The minimum absolute atomic E-state index is 0.0312. The molecule has 2 saturated heterocycles. The van der Waals surface area contributed by atoms with E-state index >= 15 is 0 Å². The zero-order chi connectivity index (χ0) is 16.2. The lowest BCUT2D eigenvalue weighted by Gasteiger charge is -2.38. The minimum atomic E-state index is -0.323. The number of morpholine rings is 1. The molecule has 1 atom stereocenters. The van der Waals surface area contributed by atoms with Gasteiger partial charge in [-0.15, -0.1) is 0 Å². The fraction of sp³-hybridized carbons (Fsp3) is 0.556. The summed E-state index contributed by atoms with van der Waals surface area (Å²) in [4.78, 5) is 29.3. The molecule has 124 valence electrons. The molecule has 2 fully saturated rings. The summed E-state index contributed by atoms with van der Waals surface area (Å²) in [5, 5.41) is 0. The molecule has 0 N–H and O–H groups in total. The molecule has 23 heavy (non-hydrogen) atoms. The SMILES string of the molecule is Cc1ccc(C(=O)N2CCCCC2C(=O)N2CCOCC2)cc1. The number of hydrogen-bond donors (Lipinski definition) is 0. The third kappa shape index (κ3) is 3.55. The van der Waals surface area contributed by atoms with Gasteiger partial charge in [-0.2, -0.15) is 0 Å². The standard InChI is InChI=1S/C18H24N2O3/c1-14-5-7-15(8-6-14)17(21)20-9-3-2-4-16(20)18(22)19-10-12-23-13-11-19/h5-8,16H,2-4,9-13H2,1H3. The van der Waals surface area contributed by atoms with Gasteiger partial charge >= 0.3 is 0 Å². The summed E-state index contributed by atoms with van der Waals surface area (Å²) < 4.78 is 5.32. The van der Waals surface area contributed by atoms with Crippen molar-refractivity contribution in [2.24, 2.45) is 0 Å². The predicted molar refractivity (Wildman–Crippen MR) is 87.3 cm³/mol. The highest BCUT2D eigenvalue weighted by atomic mass is 16.5. The second-order valence-electron chi connectivity index (χ2n) is 6.31. The highest BCUT2D eigenvalue weighted by Gasteiger charge is 2.35. The van der Waals surface area contributed by atoms with Gasteiger partial charge in [0, 0.05) is 25.2 Å². The Morgan fingerprint density at radius 3 is 2.43 bits per heavy atom. The van der Waals surface area contributed by atoms with Crippen LogP contribution in [-0.2, 0) is 9.53 Å². The van der Waals surface area contributed by atoms with Gasteiger partial charge in [0.25, 0.3) is 5.91 Å². The molecule has 0 saturated carbocycles. The van der Waals surface area contributed by atoms with Gasteiger partial charge in [-0.1, -0.05) is 17.7 Å². The number of carbonyl (C=O) groups is 2. The van der Waals surface area contributed by atoms with E-state index in [-0.39, 0.29) is 17.9 Å².